The third-order valence-corrected chi connectivity index (χ3v) is 4.45. The molecule has 1 unspecified atom stereocenters. The molecule has 2 aromatic rings. The van der Waals surface area contributed by atoms with Crippen LogP contribution in [0.3, 0.4) is 0 Å². The first-order chi connectivity index (χ1) is 9.42. The molecule has 7 heteroatoms. The molecule has 0 aliphatic rings. The molecule has 0 bridgehead atoms. The molecule has 20 heavy (non-hydrogen) atoms. The fourth-order valence-electron chi connectivity index (χ4n) is 1.84. The molecule has 0 amide bonds. The van der Waals surface area contributed by atoms with E-state index >= 15 is 0 Å². The fraction of sp³-hybridized carbons (Fsp3) is 0.231. The van der Waals surface area contributed by atoms with Crippen LogP contribution in [0.25, 0.3) is 0 Å². The zero-order chi connectivity index (χ0) is 14.8. The average molecular weight is 297 g/mol. The summed E-state index contributed by atoms with van der Waals surface area (Å²) in [7, 11) is -3.67. The van der Waals surface area contributed by atoms with E-state index in [0.717, 1.165) is 0 Å². The van der Waals surface area contributed by atoms with Crippen LogP contribution in [0.5, 0.6) is 0 Å². The predicted molar refractivity (Wildman–Crippen MR) is 73.8 cm³/mol. The van der Waals surface area contributed by atoms with E-state index in [1.165, 1.54) is 30.5 Å². The number of sulfonamides is 1. The van der Waals surface area contributed by atoms with Crippen molar-refractivity contribution in [3.8, 4) is 0 Å². The Bertz CT molecular complexity index is 697. The Balaban J connectivity index is 2.19. The number of hydrogen-bond acceptors (Lipinski definition) is 3. The lowest BCUT2D eigenvalue weighted by molar-refractivity contribution is 0.564. The fourth-order valence-corrected chi connectivity index (χ4v) is 3.09. The largest absolute Gasteiger partial charge is 0.363 e. The predicted octanol–water partition coefficient (Wildman–Crippen LogP) is 1.65. The van der Waals surface area contributed by atoms with E-state index in [1.54, 1.807) is 13.0 Å². The molecule has 0 fully saturated rings. The summed E-state index contributed by atoms with van der Waals surface area (Å²) >= 11 is 0. The highest BCUT2D eigenvalue weighted by molar-refractivity contribution is 7.89. The van der Waals surface area contributed by atoms with E-state index in [1.807, 2.05) is 0 Å². The summed E-state index contributed by atoms with van der Waals surface area (Å²) in [4.78, 5) is 2.89. The van der Waals surface area contributed by atoms with Gasteiger partial charge in [-0.3, -0.25) is 0 Å². The number of rotatable bonds is 5. The summed E-state index contributed by atoms with van der Waals surface area (Å²) in [5, 5.41) is 0. The van der Waals surface area contributed by atoms with E-state index in [2.05, 4.69) is 9.71 Å². The van der Waals surface area contributed by atoms with Crippen molar-refractivity contribution in [3.05, 3.63) is 53.6 Å². The lowest BCUT2D eigenvalue weighted by Crippen LogP contribution is -2.26. The molecule has 5 nitrogen and oxygen atoms in total. The number of aromatic amines is 1. The van der Waals surface area contributed by atoms with Gasteiger partial charge in [0.05, 0.1) is 4.90 Å². The molecule has 1 heterocycles. The summed E-state index contributed by atoms with van der Waals surface area (Å²) < 4.78 is 40.0. The van der Waals surface area contributed by atoms with E-state index in [4.69, 9.17) is 5.73 Å². The third kappa shape index (κ3) is 3.24. The van der Waals surface area contributed by atoms with Gasteiger partial charge in [-0.15, -0.1) is 0 Å². The van der Waals surface area contributed by atoms with Crippen LogP contribution in [0.2, 0.25) is 0 Å². The first-order valence-corrected chi connectivity index (χ1v) is 7.56. The van der Waals surface area contributed by atoms with Gasteiger partial charge >= 0.3 is 0 Å². The molecule has 0 aliphatic carbocycles. The van der Waals surface area contributed by atoms with Crippen molar-refractivity contribution in [3.63, 3.8) is 0 Å². The number of nitrogens with two attached hydrogens (primary N) is 1. The number of benzene rings is 1. The molecule has 0 saturated heterocycles. The van der Waals surface area contributed by atoms with Crippen LogP contribution in [0, 0.1) is 5.82 Å². The van der Waals surface area contributed by atoms with Crippen LogP contribution in [0.4, 0.5) is 4.39 Å². The van der Waals surface area contributed by atoms with Crippen molar-refractivity contribution in [2.75, 3.05) is 0 Å². The van der Waals surface area contributed by atoms with Crippen molar-refractivity contribution < 1.29 is 12.8 Å². The van der Waals surface area contributed by atoms with Gasteiger partial charge in [0.15, 0.2) is 0 Å². The van der Waals surface area contributed by atoms with Crippen LogP contribution in [-0.4, -0.2) is 13.4 Å². The van der Waals surface area contributed by atoms with E-state index in [0.29, 0.717) is 11.3 Å². The summed E-state index contributed by atoms with van der Waals surface area (Å²) in [5.74, 6) is -0.402. The van der Waals surface area contributed by atoms with Gasteiger partial charge in [-0.05, 0) is 30.7 Å². The molecular weight excluding hydrogens is 281 g/mol. The first-order valence-electron chi connectivity index (χ1n) is 6.07. The SMILES string of the molecule is CC(NS(=O)(=O)c1c[nH]c(CN)c1)c1cccc(F)c1. The third-order valence-electron chi connectivity index (χ3n) is 2.93. The molecule has 0 aliphatic heterocycles. The van der Waals surface area contributed by atoms with Gasteiger partial charge in [0.25, 0.3) is 0 Å². The molecule has 1 aromatic heterocycles. The summed E-state index contributed by atoms with van der Waals surface area (Å²) in [6, 6.07) is 6.75. The van der Waals surface area contributed by atoms with Crippen molar-refractivity contribution in [2.24, 2.45) is 5.73 Å². The lowest BCUT2D eigenvalue weighted by Gasteiger charge is -2.14. The Labute approximate surface area is 117 Å². The van der Waals surface area contributed by atoms with Crippen LogP contribution in [0.15, 0.2) is 41.4 Å². The number of H-pyrrole nitrogens is 1. The highest BCUT2D eigenvalue weighted by atomic mass is 32.2. The maximum atomic E-state index is 13.1. The molecule has 2 rings (SSSR count). The van der Waals surface area contributed by atoms with Crippen LogP contribution >= 0.6 is 0 Å². The topological polar surface area (TPSA) is 88.0 Å². The van der Waals surface area contributed by atoms with Gasteiger partial charge in [-0.25, -0.2) is 17.5 Å². The molecule has 0 spiro atoms. The Morgan fingerprint density at radius 3 is 2.75 bits per heavy atom. The lowest BCUT2D eigenvalue weighted by atomic mass is 10.1. The Hall–Kier alpha value is -1.70. The summed E-state index contributed by atoms with van der Waals surface area (Å²) in [6.07, 6.45) is 1.38. The quantitative estimate of drug-likeness (QED) is 0.784. The molecule has 4 N–H and O–H groups in total. The van der Waals surface area contributed by atoms with Crippen molar-refractivity contribution in [1.82, 2.24) is 9.71 Å². The molecule has 0 radical (unpaired) electrons. The zero-order valence-electron chi connectivity index (χ0n) is 10.9. The second-order valence-corrected chi connectivity index (χ2v) is 6.18. The highest BCUT2D eigenvalue weighted by Gasteiger charge is 2.19. The Morgan fingerprint density at radius 2 is 2.15 bits per heavy atom. The minimum Gasteiger partial charge on any atom is -0.363 e. The van der Waals surface area contributed by atoms with Gasteiger partial charge in [-0.2, -0.15) is 0 Å². The van der Waals surface area contributed by atoms with Gasteiger partial charge in [0.1, 0.15) is 5.82 Å². The molecule has 0 saturated carbocycles. The van der Waals surface area contributed by atoms with Gasteiger partial charge in [-0.1, -0.05) is 12.1 Å². The summed E-state index contributed by atoms with van der Waals surface area (Å²) in [5.41, 5.74) is 6.61. The normalized spacial score (nSPS) is 13.3. The second-order valence-electron chi connectivity index (χ2n) is 4.46. The molecule has 1 aromatic carbocycles. The Kier molecular flexibility index (Phi) is 4.22. The molecular formula is C13H16FN3O2S. The molecule has 1 atom stereocenters. The first kappa shape index (κ1) is 14.7. The maximum absolute atomic E-state index is 13.1. The smallest absolute Gasteiger partial charge is 0.242 e. The van der Waals surface area contributed by atoms with Gasteiger partial charge in [0.2, 0.25) is 10.0 Å². The minimum absolute atomic E-state index is 0.112. The Morgan fingerprint density at radius 1 is 1.40 bits per heavy atom. The van der Waals surface area contributed by atoms with Gasteiger partial charge in [0, 0.05) is 24.5 Å². The average Bonchev–Trinajstić information content (AvgIpc) is 2.87. The highest BCUT2D eigenvalue weighted by Crippen LogP contribution is 2.18. The zero-order valence-corrected chi connectivity index (χ0v) is 11.7. The van der Waals surface area contributed by atoms with Crippen molar-refractivity contribution in [1.29, 1.82) is 0 Å². The van der Waals surface area contributed by atoms with Crippen LogP contribution in [-0.2, 0) is 16.6 Å². The number of aromatic nitrogens is 1. The number of halogens is 1. The van der Waals surface area contributed by atoms with Gasteiger partial charge < -0.3 is 10.7 Å². The molecule has 108 valence electrons. The summed E-state index contributed by atoms with van der Waals surface area (Å²) in [6.45, 7) is 1.89. The number of hydrogen-bond donors (Lipinski definition) is 3. The van der Waals surface area contributed by atoms with Crippen LogP contribution < -0.4 is 10.5 Å². The van der Waals surface area contributed by atoms with Crippen LogP contribution in [0.1, 0.15) is 24.2 Å². The monoisotopic (exact) mass is 297 g/mol. The van der Waals surface area contributed by atoms with Crippen molar-refractivity contribution >= 4 is 10.0 Å². The van der Waals surface area contributed by atoms with Crippen molar-refractivity contribution in [2.45, 2.75) is 24.4 Å². The van der Waals surface area contributed by atoms with E-state index in [-0.39, 0.29) is 11.4 Å². The number of nitrogens with one attached hydrogen (secondary N) is 2. The standard InChI is InChI=1S/C13H16FN3O2S/c1-9(10-3-2-4-11(14)5-10)17-20(18,19)13-6-12(7-15)16-8-13/h2-6,8-9,16-17H,7,15H2,1H3. The second kappa shape index (κ2) is 5.74. The van der Waals surface area contributed by atoms with E-state index < -0.39 is 21.9 Å². The minimum atomic E-state index is -3.67. The van der Waals surface area contributed by atoms with E-state index in [9.17, 15) is 12.8 Å². The maximum Gasteiger partial charge on any atom is 0.242 e.